The number of carbonyl (C=O) groups excluding carboxylic acids is 1. The molecule has 0 atom stereocenters. The van der Waals surface area contributed by atoms with Crippen LogP contribution in [0.4, 0.5) is 4.79 Å². The molecule has 0 aliphatic carbocycles. The Morgan fingerprint density at radius 1 is 0.900 bits per heavy atom. The summed E-state index contributed by atoms with van der Waals surface area (Å²) in [6.45, 7) is 1.88. The zero-order valence-corrected chi connectivity index (χ0v) is 11.6. The molecule has 0 bridgehead atoms. The van der Waals surface area contributed by atoms with Crippen LogP contribution in [-0.2, 0) is 18.9 Å². The van der Waals surface area contributed by atoms with Gasteiger partial charge < -0.3 is 23.7 Å². The minimum absolute atomic E-state index is 0.137. The van der Waals surface area contributed by atoms with E-state index in [2.05, 4.69) is 0 Å². The fourth-order valence-corrected chi connectivity index (χ4v) is 1.27. The summed E-state index contributed by atoms with van der Waals surface area (Å²) in [5, 5.41) is 0. The summed E-state index contributed by atoms with van der Waals surface area (Å²) in [6, 6.07) is 9.29. The average molecular weight is 284 g/mol. The number of methoxy groups -OCH3 is 1. The van der Waals surface area contributed by atoms with Crippen molar-refractivity contribution in [3.05, 3.63) is 30.3 Å². The van der Waals surface area contributed by atoms with Gasteiger partial charge in [0.05, 0.1) is 19.8 Å². The molecule has 0 amide bonds. The van der Waals surface area contributed by atoms with E-state index in [0.29, 0.717) is 19.8 Å². The van der Waals surface area contributed by atoms with E-state index in [0.717, 1.165) is 5.75 Å². The molecule has 6 heteroatoms. The summed E-state index contributed by atoms with van der Waals surface area (Å²) in [5.41, 5.74) is 0. The normalized spacial score (nSPS) is 10.1. The lowest BCUT2D eigenvalue weighted by Gasteiger charge is -2.08. The molecule has 20 heavy (non-hydrogen) atoms. The number of carbonyl (C=O) groups is 1. The highest BCUT2D eigenvalue weighted by atomic mass is 16.7. The van der Waals surface area contributed by atoms with Crippen LogP contribution in [0.15, 0.2) is 30.3 Å². The molecule has 1 rings (SSSR count). The van der Waals surface area contributed by atoms with Crippen molar-refractivity contribution in [1.82, 2.24) is 0 Å². The number of rotatable bonds is 10. The van der Waals surface area contributed by atoms with Crippen molar-refractivity contribution in [1.29, 1.82) is 0 Å². The van der Waals surface area contributed by atoms with E-state index < -0.39 is 6.16 Å². The minimum atomic E-state index is -0.725. The van der Waals surface area contributed by atoms with Crippen LogP contribution in [0.2, 0.25) is 0 Å². The molecule has 1 aromatic carbocycles. The molecular weight excluding hydrogens is 264 g/mol. The third-order valence-electron chi connectivity index (χ3n) is 2.19. The largest absolute Gasteiger partial charge is 0.508 e. The molecule has 112 valence electrons. The highest BCUT2D eigenvalue weighted by molar-refractivity contribution is 5.59. The second-order valence-corrected chi connectivity index (χ2v) is 3.71. The summed E-state index contributed by atoms with van der Waals surface area (Å²) >= 11 is 0. The monoisotopic (exact) mass is 284 g/mol. The first-order chi connectivity index (χ1) is 9.83. The summed E-state index contributed by atoms with van der Waals surface area (Å²) < 4.78 is 24.9. The molecule has 0 heterocycles. The highest BCUT2D eigenvalue weighted by Crippen LogP contribution is 2.07. The molecule has 0 fully saturated rings. The summed E-state index contributed by atoms with van der Waals surface area (Å²) in [4.78, 5) is 11.2. The van der Waals surface area contributed by atoms with E-state index in [9.17, 15) is 4.79 Å². The zero-order valence-electron chi connectivity index (χ0n) is 11.6. The van der Waals surface area contributed by atoms with Gasteiger partial charge in [-0.2, -0.15) is 0 Å². The molecule has 0 saturated carbocycles. The van der Waals surface area contributed by atoms with E-state index in [1.54, 1.807) is 7.11 Å². The van der Waals surface area contributed by atoms with Crippen molar-refractivity contribution in [3.63, 3.8) is 0 Å². The van der Waals surface area contributed by atoms with Crippen LogP contribution >= 0.6 is 0 Å². The number of hydrogen-bond acceptors (Lipinski definition) is 6. The van der Waals surface area contributed by atoms with Gasteiger partial charge in [0.25, 0.3) is 0 Å². The Morgan fingerprint density at radius 3 is 2.25 bits per heavy atom. The van der Waals surface area contributed by atoms with E-state index in [-0.39, 0.29) is 19.8 Å². The SMILES string of the molecule is COCCOCCOC(=O)OCCOc1ccccc1. The van der Waals surface area contributed by atoms with Crippen LogP contribution in [0, 0.1) is 0 Å². The second kappa shape index (κ2) is 11.1. The Labute approximate surface area is 118 Å². The van der Waals surface area contributed by atoms with Crippen molar-refractivity contribution in [2.45, 2.75) is 0 Å². The van der Waals surface area contributed by atoms with Gasteiger partial charge in [-0.15, -0.1) is 0 Å². The van der Waals surface area contributed by atoms with Gasteiger partial charge in [-0.3, -0.25) is 0 Å². The Balaban J connectivity index is 1.92. The van der Waals surface area contributed by atoms with Crippen LogP contribution in [0.5, 0.6) is 5.75 Å². The van der Waals surface area contributed by atoms with Crippen molar-refractivity contribution < 1.29 is 28.5 Å². The Hall–Kier alpha value is -1.79. The molecule has 0 unspecified atom stereocenters. The van der Waals surface area contributed by atoms with Gasteiger partial charge in [-0.05, 0) is 12.1 Å². The lowest BCUT2D eigenvalue weighted by molar-refractivity contribution is 0.0120. The summed E-state index contributed by atoms with van der Waals surface area (Å²) in [6.07, 6.45) is -0.725. The van der Waals surface area contributed by atoms with Gasteiger partial charge in [0.1, 0.15) is 25.6 Å². The van der Waals surface area contributed by atoms with Crippen LogP contribution in [0.25, 0.3) is 0 Å². The highest BCUT2D eigenvalue weighted by Gasteiger charge is 2.03. The van der Waals surface area contributed by atoms with Gasteiger partial charge in [0.15, 0.2) is 0 Å². The number of ether oxygens (including phenoxy) is 5. The minimum Gasteiger partial charge on any atom is -0.490 e. The van der Waals surface area contributed by atoms with Crippen LogP contribution in [-0.4, -0.2) is 52.9 Å². The maximum Gasteiger partial charge on any atom is 0.508 e. The van der Waals surface area contributed by atoms with E-state index >= 15 is 0 Å². The Bertz CT molecular complexity index is 354. The quantitative estimate of drug-likeness (QED) is 0.483. The first kappa shape index (κ1) is 16.3. The predicted molar refractivity (Wildman–Crippen MR) is 71.9 cm³/mol. The van der Waals surface area contributed by atoms with Crippen molar-refractivity contribution in [2.24, 2.45) is 0 Å². The molecule has 0 N–H and O–H groups in total. The molecule has 1 aromatic rings. The molecular formula is C14H20O6. The fourth-order valence-electron chi connectivity index (χ4n) is 1.27. The van der Waals surface area contributed by atoms with Gasteiger partial charge in [-0.1, -0.05) is 18.2 Å². The lowest BCUT2D eigenvalue weighted by Crippen LogP contribution is -2.16. The van der Waals surface area contributed by atoms with Gasteiger partial charge in [0.2, 0.25) is 0 Å². The molecule has 0 radical (unpaired) electrons. The zero-order chi connectivity index (χ0) is 14.5. The van der Waals surface area contributed by atoms with Gasteiger partial charge in [-0.25, -0.2) is 4.79 Å². The molecule has 6 nitrogen and oxygen atoms in total. The number of benzene rings is 1. The van der Waals surface area contributed by atoms with Crippen molar-refractivity contribution in [3.8, 4) is 5.75 Å². The molecule has 0 saturated heterocycles. The molecule has 0 aliphatic heterocycles. The summed E-state index contributed by atoms with van der Waals surface area (Å²) in [5.74, 6) is 0.732. The Kier molecular flexibility index (Phi) is 9.00. The predicted octanol–water partition coefficient (Wildman–Crippen LogP) is 1.88. The van der Waals surface area contributed by atoms with Crippen molar-refractivity contribution >= 4 is 6.16 Å². The topological polar surface area (TPSA) is 63.2 Å². The average Bonchev–Trinajstić information content (AvgIpc) is 2.48. The third-order valence-corrected chi connectivity index (χ3v) is 2.19. The van der Waals surface area contributed by atoms with Crippen LogP contribution < -0.4 is 4.74 Å². The standard InChI is InChI=1S/C14H20O6/c1-16-7-8-17-9-10-19-14(15)20-12-11-18-13-5-3-2-4-6-13/h2-6H,7-12H2,1H3. The van der Waals surface area contributed by atoms with Crippen LogP contribution in [0.1, 0.15) is 0 Å². The maximum atomic E-state index is 11.2. The molecule has 0 aromatic heterocycles. The van der Waals surface area contributed by atoms with E-state index in [1.807, 2.05) is 30.3 Å². The first-order valence-electron chi connectivity index (χ1n) is 6.37. The molecule has 0 spiro atoms. The second-order valence-electron chi connectivity index (χ2n) is 3.71. The first-order valence-corrected chi connectivity index (χ1v) is 6.37. The number of para-hydroxylation sites is 1. The number of hydrogen-bond donors (Lipinski definition) is 0. The summed E-state index contributed by atoms with van der Waals surface area (Å²) in [7, 11) is 1.59. The lowest BCUT2D eigenvalue weighted by atomic mass is 10.3. The molecule has 0 aliphatic rings. The van der Waals surface area contributed by atoms with E-state index in [4.69, 9.17) is 23.7 Å². The van der Waals surface area contributed by atoms with Gasteiger partial charge >= 0.3 is 6.16 Å². The van der Waals surface area contributed by atoms with E-state index in [1.165, 1.54) is 0 Å². The Morgan fingerprint density at radius 2 is 1.55 bits per heavy atom. The van der Waals surface area contributed by atoms with Crippen molar-refractivity contribution in [2.75, 3.05) is 46.8 Å². The van der Waals surface area contributed by atoms with Gasteiger partial charge in [0, 0.05) is 7.11 Å². The maximum absolute atomic E-state index is 11.2. The fraction of sp³-hybridized carbons (Fsp3) is 0.500. The third kappa shape index (κ3) is 8.34. The smallest absolute Gasteiger partial charge is 0.490 e. The van der Waals surface area contributed by atoms with Crippen LogP contribution in [0.3, 0.4) is 0 Å².